The van der Waals surface area contributed by atoms with Gasteiger partial charge in [-0.1, -0.05) is 13.8 Å². The van der Waals surface area contributed by atoms with Crippen LogP contribution >= 0.6 is 10.7 Å². The van der Waals surface area contributed by atoms with Crippen LogP contribution in [0.2, 0.25) is 0 Å². The highest BCUT2D eigenvalue weighted by molar-refractivity contribution is 8.13. The second-order valence-electron chi connectivity index (χ2n) is 5.86. The van der Waals surface area contributed by atoms with Gasteiger partial charge in [0.1, 0.15) is 4.90 Å². The molecule has 1 heterocycles. The SMILES string of the molecule is CCOC(=O)c1cc2c(c(S(=O)(=O)Cl)c1)NCC(C)(C)C2. The van der Waals surface area contributed by atoms with Crippen LogP contribution in [0.4, 0.5) is 5.69 Å². The Hall–Kier alpha value is -1.27. The van der Waals surface area contributed by atoms with Gasteiger partial charge in [0.2, 0.25) is 0 Å². The van der Waals surface area contributed by atoms with Crippen molar-refractivity contribution < 1.29 is 17.9 Å². The normalized spacial score (nSPS) is 16.8. The van der Waals surface area contributed by atoms with Gasteiger partial charge in [0, 0.05) is 17.2 Å². The Bertz CT molecular complexity index is 682. The highest BCUT2D eigenvalue weighted by Crippen LogP contribution is 2.38. The fraction of sp³-hybridized carbons (Fsp3) is 0.500. The van der Waals surface area contributed by atoms with Crippen molar-refractivity contribution in [3.05, 3.63) is 23.3 Å². The fourth-order valence-corrected chi connectivity index (χ4v) is 3.52. The summed E-state index contributed by atoms with van der Waals surface area (Å²) in [6, 6.07) is 2.94. The maximum absolute atomic E-state index is 11.9. The molecule has 2 rings (SSSR count). The Balaban J connectivity index is 2.61. The predicted octanol–water partition coefficient (Wildman–Crippen LogP) is 2.79. The summed E-state index contributed by atoms with van der Waals surface area (Å²) in [7, 11) is 1.55. The fourth-order valence-electron chi connectivity index (χ4n) is 2.44. The van der Waals surface area contributed by atoms with Crippen LogP contribution in [0.3, 0.4) is 0 Å². The van der Waals surface area contributed by atoms with Gasteiger partial charge in [-0.15, -0.1) is 0 Å². The lowest BCUT2D eigenvalue weighted by molar-refractivity contribution is 0.0526. The van der Waals surface area contributed by atoms with Gasteiger partial charge in [0.25, 0.3) is 9.05 Å². The number of ether oxygens (including phenoxy) is 1. The molecule has 0 saturated heterocycles. The first-order valence-corrected chi connectivity index (χ1v) is 8.97. The second-order valence-corrected chi connectivity index (χ2v) is 8.40. The quantitative estimate of drug-likeness (QED) is 0.681. The number of anilines is 1. The summed E-state index contributed by atoms with van der Waals surface area (Å²) in [6.07, 6.45) is 0.655. The lowest BCUT2D eigenvalue weighted by Crippen LogP contribution is -2.31. The van der Waals surface area contributed by atoms with Crippen molar-refractivity contribution in [1.82, 2.24) is 0 Å². The van der Waals surface area contributed by atoms with E-state index in [9.17, 15) is 13.2 Å². The van der Waals surface area contributed by atoms with Crippen molar-refractivity contribution in [3.63, 3.8) is 0 Å². The lowest BCUT2D eigenvalue weighted by Gasteiger charge is -2.33. The van der Waals surface area contributed by atoms with Gasteiger partial charge in [-0.05, 0) is 36.5 Å². The van der Waals surface area contributed by atoms with Crippen LogP contribution in [0.25, 0.3) is 0 Å². The topological polar surface area (TPSA) is 72.5 Å². The minimum absolute atomic E-state index is 0.0341. The molecular formula is C14H18ClNO4S. The van der Waals surface area contributed by atoms with E-state index in [4.69, 9.17) is 15.4 Å². The van der Waals surface area contributed by atoms with Crippen LogP contribution < -0.4 is 5.32 Å². The number of benzene rings is 1. The summed E-state index contributed by atoms with van der Waals surface area (Å²) in [5.41, 5.74) is 1.41. The minimum Gasteiger partial charge on any atom is -0.462 e. The maximum atomic E-state index is 11.9. The number of fused-ring (bicyclic) bond motifs is 1. The first-order chi connectivity index (χ1) is 9.64. The largest absolute Gasteiger partial charge is 0.462 e. The predicted molar refractivity (Wildman–Crippen MR) is 81.4 cm³/mol. The summed E-state index contributed by atoms with van der Waals surface area (Å²) in [5.74, 6) is -0.551. The summed E-state index contributed by atoms with van der Waals surface area (Å²) >= 11 is 0. The molecule has 1 aliphatic heterocycles. The number of halogens is 1. The van der Waals surface area contributed by atoms with Gasteiger partial charge in [-0.3, -0.25) is 0 Å². The smallest absolute Gasteiger partial charge is 0.338 e. The van der Waals surface area contributed by atoms with Crippen LogP contribution in [0, 0.1) is 5.41 Å². The van der Waals surface area contributed by atoms with Crippen molar-refractivity contribution in [2.75, 3.05) is 18.5 Å². The van der Waals surface area contributed by atoms with Crippen molar-refractivity contribution in [2.24, 2.45) is 5.41 Å². The molecule has 0 fully saturated rings. The third-order valence-corrected chi connectivity index (χ3v) is 4.72. The lowest BCUT2D eigenvalue weighted by atomic mass is 9.82. The van der Waals surface area contributed by atoms with Crippen molar-refractivity contribution in [1.29, 1.82) is 0 Å². The van der Waals surface area contributed by atoms with E-state index in [1.165, 1.54) is 6.07 Å². The maximum Gasteiger partial charge on any atom is 0.338 e. The molecule has 1 aromatic rings. The van der Waals surface area contributed by atoms with Crippen molar-refractivity contribution in [2.45, 2.75) is 32.1 Å². The third kappa shape index (κ3) is 3.49. The Morgan fingerprint density at radius 2 is 2.10 bits per heavy atom. The van der Waals surface area contributed by atoms with Gasteiger partial charge in [0.05, 0.1) is 17.9 Å². The number of carbonyl (C=O) groups is 1. The first kappa shape index (κ1) is 16.1. The summed E-state index contributed by atoms with van der Waals surface area (Å²) in [5, 5.41) is 3.11. The van der Waals surface area contributed by atoms with Crippen LogP contribution in [-0.4, -0.2) is 27.5 Å². The van der Waals surface area contributed by atoms with E-state index in [0.29, 0.717) is 18.7 Å². The van der Waals surface area contributed by atoms with Crippen LogP contribution in [0.1, 0.15) is 36.7 Å². The van der Waals surface area contributed by atoms with Crippen LogP contribution in [0.15, 0.2) is 17.0 Å². The van der Waals surface area contributed by atoms with Gasteiger partial charge in [-0.25, -0.2) is 13.2 Å². The molecule has 1 aliphatic rings. The van der Waals surface area contributed by atoms with E-state index in [1.54, 1.807) is 13.0 Å². The van der Waals surface area contributed by atoms with E-state index in [-0.39, 0.29) is 22.5 Å². The number of hydrogen-bond donors (Lipinski definition) is 1. The molecule has 0 aliphatic carbocycles. The van der Waals surface area contributed by atoms with E-state index >= 15 is 0 Å². The summed E-state index contributed by atoms with van der Waals surface area (Å²) in [4.78, 5) is 11.8. The number of hydrogen-bond acceptors (Lipinski definition) is 5. The Morgan fingerprint density at radius 1 is 1.43 bits per heavy atom. The number of nitrogens with one attached hydrogen (secondary N) is 1. The van der Waals surface area contributed by atoms with E-state index in [2.05, 4.69) is 19.2 Å². The molecule has 5 nitrogen and oxygen atoms in total. The number of esters is 1. The molecule has 0 spiro atoms. The first-order valence-electron chi connectivity index (χ1n) is 6.66. The number of carbonyl (C=O) groups excluding carboxylic acids is 1. The molecule has 0 bridgehead atoms. The molecule has 7 heteroatoms. The van der Waals surface area contributed by atoms with Gasteiger partial charge >= 0.3 is 5.97 Å². The molecule has 0 unspecified atom stereocenters. The standard InChI is InChI=1S/C14H18ClNO4S/c1-4-20-13(17)9-5-10-7-14(2,3)8-16-12(10)11(6-9)21(15,18)19/h5-6,16H,4,7-8H2,1-3H3. The third-order valence-electron chi connectivity index (χ3n) is 3.37. The molecule has 1 N–H and O–H groups in total. The molecule has 116 valence electrons. The minimum atomic E-state index is -3.95. The molecular weight excluding hydrogens is 314 g/mol. The average molecular weight is 332 g/mol. The highest BCUT2D eigenvalue weighted by atomic mass is 35.7. The Morgan fingerprint density at radius 3 is 2.67 bits per heavy atom. The van der Waals surface area contributed by atoms with E-state index < -0.39 is 15.0 Å². The Kier molecular flexibility index (Phi) is 4.22. The van der Waals surface area contributed by atoms with Gasteiger partial charge < -0.3 is 10.1 Å². The van der Waals surface area contributed by atoms with Crippen LogP contribution in [0.5, 0.6) is 0 Å². The van der Waals surface area contributed by atoms with Crippen molar-refractivity contribution >= 4 is 31.4 Å². The second kappa shape index (κ2) is 5.50. The molecule has 0 amide bonds. The summed E-state index contributed by atoms with van der Waals surface area (Å²) < 4.78 is 28.5. The molecule has 21 heavy (non-hydrogen) atoms. The van der Waals surface area contributed by atoms with Crippen LogP contribution in [-0.2, 0) is 20.2 Å². The molecule has 0 aromatic heterocycles. The molecule has 0 radical (unpaired) electrons. The monoisotopic (exact) mass is 331 g/mol. The van der Waals surface area contributed by atoms with Gasteiger partial charge in [-0.2, -0.15) is 0 Å². The molecule has 0 saturated carbocycles. The zero-order valence-electron chi connectivity index (χ0n) is 12.2. The molecule has 1 aromatic carbocycles. The zero-order valence-corrected chi connectivity index (χ0v) is 13.8. The zero-order chi connectivity index (χ0) is 15.8. The number of rotatable bonds is 3. The summed E-state index contributed by atoms with van der Waals surface area (Å²) in [6.45, 7) is 6.69. The van der Waals surface area contributed by atoms with Gasteiger partial charge in [0.15, 0.2) is 0 Å². The van der Waals surface area contributed by atoms with E-state index in [0.717, 1.165) is 5.56 Å². The highest BCUT2D eigenvalue weighted by Gasteiger charge is 2.30. The Labute approximate surface area is 129 Å². The molecule has 0 atom stereocenters. The average Bonchev–Trinajstić information content (AvgIpc) is 2.35. The van der Waals surface area contributed by atoms with E-state index in [1.807, 2.05) is 0 Å². The van der Waals surface area contributed by atoms with Crippen molar-refractivity contribution in [3.8, 4) is 0 Å².